The molecule has 71 heavy (non-hydrogen) atoms. The number of ether oxygens (including phenoxy) is 2. The second-order valence-electron chi connectivity index (χ2n) is 22.8. The number of hydrogen-bond donors (Lipinski definition) is 1. The van der Waals surface area contributed by atoms with E-state index in [9.17, 15) is 19.0 Å². The Hall–Kier alpha value is -0.990. The van der Waals surface area contributed by atoms with E-state index >= 15 is 0 Å². The maximum atomic E-state index is 12.7. The molecular formula is C61H123NO8P+. The molecule has 0 saturated heterocycles. The molecule has 0 aliphatic carbocycles. The van der Waals surface area contributed by atoms with Gasteiger partial charge in [0.15, 0.2) is 6.10 Å². The van der Waals surface area contributed by atoms with Crippen molar-refractivity contribution < 1.29 is 42.1 Å². The molecule has 0 saturated carbocycles. The molecule has 0 amide bonds. The number of esters is 2. The van der Waals surface area contributed by atoms with Crippen LogP contribution in [0.15, 0.2) is 0 Å². The number of nitrogens with zero attached hydrogens (tertiary/aromatic N) is 1. The number of phosphoric acid groups is 1. The van der Waals surface area contributed by atoms with Crippen LogP contribution in [0.4, 0.5) is 0 Å². The second-order valence-corrected chi connectivity index (χ2v) is 24.3. The molecule has 0 spiro atoms. The lowest BCUT2D eigenvalue weighted by atomic mass is 10.0. The molecule has 0 rings (SSSR count). The summed E-state index contributed by atoms with van der Waals surface area (Å²) >= 11 is 0. The third-order valence-corrected chi connectivity index (χ3v) is 15.4. The summed E-state index contributed by atoms with van der Waals surface area (Å²) in [5.41, 5.74) is 0. The van der Waals surface area contributed by atoms with Gasteiger partial charge >= 0.3 is 19.8 Å². The highest BCUT2D eigenvalue weighted by molar-refractivity contribution is 7.47. The van der Waals surface area contributed by atoms with Crippen LogP contribution < -0.4 is 0 Å². The Morgan fingerprint density at radius 2 is 0.634 bits per heavy atom. The molecule has 0 heterocycles. The highest BCUT2D eigenvalue weighted by Gasteiger charge is 2.27. The first-order valence-electron chi connectivity index (χ1n) is 31.3. The number of carbonyl (C=O) groups excluding carboxylic acids is 2. The fourth-order valence-corrected chi connectivity index (χ4v) is 10.3. The quantitative estimate of drug-likeness (QED) is 0.0278. The molecule has 2 atom stereocenters. The standard InChI is InChI=1S/C61H122NO8P/c1-6-8-10-12-14-15-16-17-18-19-20-21-22-23-24-25-26-27-28-29-30-31-32-33-34-35-36-37-38-39-40-41-42-43-44-45-46-48-50-52-54-61(64)70-59(58-69-71(65,66)68-56-55-62(3,4)5)57-67-60(63)53-51-49-47-13-11-9-7-2/h59H,6-58H2,1-5H3/p+1. The SMILES string of the molecule is CCCCCCCCCCCCCCCCCCCCCCCCCCCCCCCCCCCCCCCCCCC(=O)OC(COC(=O)CCCCCCCCC)COP(=O)(O)OCC[N+](C)(C)C. The maximum absolute atomic E-state index is 12.7. The number of hydrogen-bond acceptors (Lipinski definition) is 7. The normalized spacial score (nSPS) is 13.2. The second kappa shape index (κ2) is 53.8. The summed E-state index contributed by atoms with van der Waals surface area (Å²) in [5.74, 6) is -0.787. The Bertz CT molecular complexity index is 1160. The van der Waals surface area contributed by atoms with Crippen molar-refractivity contribution in [2.45, 2.75) is 335 Å². The third-order valence-electron chi connectivity index (χ3n) is 14.4. The number of quaternary nitrogens is 1. The molecule has 2 unspecified atom stereocenters. The van der Waals surface area contributed by atoms with Crippen molar-refractivity contribution in [3.8, 4) is 0 Å². The van der Waals surface area contributed by atoms with Crippen LogP contribution >= 0.6 is 7.82 Å². The molecule has 0 bridgehead atoms. The van der Waals surface area contributed by atoms with Crippen LogP contribution in [0.2, 0.25) is 0 Å². The topological polar surface area (TPSA) is 108 Å². The van der Waals surface area contributed by atoms with Crippen molar-refractivity contribution in [1.82, 2.24) is 0 Å². The van der Waals surface area contributed by atoms with Gasteiger partial charge in [-0.15, -0.1) is 0 Å². The van der Waals surface area contributed by atoms with Crippen molar-refractivity contribution in [3.05, 3.63) is 0 Å². The summed E-state index contributed by atoms with van der Waals surface area (Å²) in [4.78, 5) is 35.3. The summed E-state index contributed by atoms with van der Waals surface area (Å²) in [5, 5.41) is 0. The van der Waals surface area contributed by atoms with Gasteiger partial charge in [-0.3, -0.25) is 18.6 Å². The van der Waals surface area contributed by atoms with Crippen LogP contribution in [0.5, 0.6) is 0 Å². The number of carbonyl (C=O) groups is 2. The van der Waals surface area contributed by atoms with Crippen LogP contribution in [0.3, 0.4) is 0 Å². The van der Waals surface area contributed by atoms with Crippen molar-refractivity contribution in [2.24, 2.45) is 0 Å². The zero-order valence-corrected chi connectivity index (χ0v) is 49.1. The van der Waals surface area contributed by atoms with E-state index in [1.54, 1.807) is 0 Å². The van der Waals surface area contributed by atoms with Gasteiger partial charge in [0.1, 0.15) is 19.8 Å². The summed E-state index contributed by atoms with van der Waals surface area (Å²) < 4.78 is 34.3. The van der Waals surface area contributed by atoms with E-state index in [4.69, 9.17) is 18.5 Å². The van der Waals surface area contributed by atoms with Gasteiger partial charge < -0.3 is 18.9 Å². The predicted octanol–water partition coefficient (Wildman–Crippen LogP) is 19.4. The lowest BCUT2D eigenvalue weighted by Crippen LogP contribution is -2.37. The van der Waals surface area contributed by atoms with E-state index < -0.39 is 26.5 Å². The molecule has 0 aliphatic rings. The molecule has 0 aromatic heterocycles. The summed E-state index contributed by atoms with van der Waals surface area (Å²) in [6, 6.07) is 0. The smallest absolute Gasteiger partial charge is 0.462 e. The van der Waals surface area contributed by atoms with Gasteiger partial charge in [0.25, 0.3) is 0 Å². The maximum Gasteiger partial charge on any atom is 0.472 e. The number of rotatable bonds is 59. The van der Waals surface area contributed by atoms with E-state index in [-0.39, 0.29) is 25.6 Å². The van der Waals surface area contributed by atoms with Crippen LogP contribution in [0, 0.1) is 0 Å². The van der Waals surface area contributed by atoms with E-state index in [1.165, 1.54) is 263 Å². The molecule has 10 heteroatoms. The average Bonchev–Trinajstić information content (AvgIpc) is 3.33. The van der Waals surface area contributed by atoms with Crippen LogP contribution in [-0.2, 0) is 32.7 Å². The van der Waals surface area contributed by atoms with Gasteiger partial charge in [-0.25, -0.2) is 4.57 Å². The van der Waals surface area contributed by atoms with Crippen molar-refractivity contribution in [1.29, 1.82) is 0 Å². The van der Waals surface area contributed by atoms with Crippen LogP contribution in [0.25, 0.3) is 0 Å². The summed E-state index contributed by atoms with van der Waals surface area (Å²) in [6.07, 6.45) is 62.6. The van der Waals surface area contributed by atoms with Crippen molar-refractivity contribution in [2.75, 3.05) is 47.5 Å². The third kappa shape index (κ3) is 58.1. The average molecular weight is 1030 g/mol. The molecule has 0 aliphatic heterocycles. The molecule has 0 aromatic rings. The first-order chi connectivity index (χ1) is 34.5. The fourth-order valence-electron chi connectivity index (χ4n) is 9.55. The molecule has 0 radical (unpaired) electrons. The minimum atomic E-state index is -4.37. The van der Waals surface area contributed by atoms with Crippen LogP contribution in [0.1, 0.15) is 328 Å². The van der Waals surface area contributed by atoms with Gasteiger partial charge in [0, 0.05) is 12.8 Å². The number of phosphoric ester groups is 1. The van der Waals surface area contributed by atoms with Gasteiger partial charge in [0.2, 0.25) is 0 Å². The monoisotopic (exact) mass is 1030 g/mol. The highest BCUT2D eigenvalue weighted by atomic mass is 31.2. The van der Waals surface area contributed by atoms with E-state index in [0.29, 0.717) is 17.4 Å². The molecule has 1 N–H and O–H groups in total. The zero-order valence-electron chi connectivity index (χ0n) is 48.3. The molecule has 9 nitrogen and oxygen atoms in total. The van der Waals surface area contributed by atoms with Gasteiger partial charge in [-0.1, -0.05) is 303 Å². The van der Waals surface area contributed by atoms with Gasteiger partial charge in [0.05, 0.1) is 27.7 Å². The number of unbranched alkanes of at least 4 members (excludes halogenated alkanes) is 45. The Morgan fingerprint density at radius 1 is 0.380 bits per heavy atom. The minimum absolute atomic E-state index is 0.0367. The molecule has 0 aromatic carbocycles. The van der Waals surface area contributed by atoms with Gasteiger partial charge in [-0.05, 0) is 12.8 Å². The predicted molar refractivity (Wildman–Crippen MR) is 303 cm³/mol. The minimum Gasteiger partial charge on any atom is -0.462 e. The Kier molecular flexibility index (Phi) is 53.1. The lowest BCUT2D eigenvalue weighted by molar-refractivity contribution is -0.870. The lowest BCUT2D eigenvalue weighted by Gasteiger charge is -2.24. The van der Waals surface area contributed by atoms with E-state index in [1.807, 2.05) is 21.1 Å². The molecule has 424 valence electrons. The zero-order chi connectivity index (χ0) is 52.0. The fraction of sp³-hybridized carbons (Fsp3) is 0.967. The van der Waals surface area contributed by atoms with E-state index in [0.717, 1.165) is 38.5 Å². The highest BCUT2D eigenvalue weighted by Crippen LogP contribution is 2.43. The Morgan fingerprint density at radius 3 is 0.901 bits per heavy atom. The van der Waals surface area contributed by atoms with E-state index in [2.05, 4.69) is 13.8 Å². The first kappa shape index (κ1) is 70.0. The van der Waals surface area contributed by atoms with Crippen LogP contribution in [-0.4, -0.2) is 74.9 Å². The number of likely N-dealkylation sites (N-methyl/N-ethyl adjacent to an activating group) is 1. The first-order valence-corrected chi connectivity index (χ1v) is 32.8. The summed E-state index contributed by atoms with van der Waals surface area (Å²) in [7, 11) is 1.50. The summed E-state index contributed by atoms with van der Waals surface area (Å²) in [6.45, 7) is 4.43. The molecular weight excluding hydrogens is 906 g/mol. The Labute approximate surface area is 442 Å². The largest absolute Gasteiger partial charge is 0.472 e. The van der Waals surface area contributed by atoms with Crippen molar-refractivity contribution in [3.63, 3.8) is 0 Å². The van der Waals surface area contributed by atoms with Crippen molar-refractivity contribution >= 4 is 19.8 Å². The Balaban J connectivity index is 3.69. The van der Waals surface area contributed by atoms with Gasteiger partial charge in [-0.2, -0.15) is 0 Å². The molecule has 0 fully saturated rings.